The van der Waals surface area contributed by atoms with Crippen molar-refractivity contribution in [1.82, 2.24) is 9.88 Å². The van der Waals surface area contributed by atoms with Gasteiger partial charge in [-0.15, -0.1) is 0 Å². The summed E-state index contributed by atoms with van der Waals surface area (Å²) in [4.78, 5) is 11.8. The van der Waals surface area contributed by atoms with Crippen LogP contribution >= 0.6 is 15.9 Å². The van der Waals surface area contributed by atoms with Gasteiger partial charge in [-0.1, -0.05) is 34.1 Å². The fourth-order valence-corrected chi connectivity index (χ4v) is 2.84. The largest absolute Gasteiger partial charge is 0.387 e. The van der Waals surface area contributed by atoms with Gasteiger partial charge >= 0.3 is 0 Å². The Morgan fingerprint density at radius 1 is 1.32 bits per heavy atom. The van der Waals surface area contributed by atoms with Crippen LogP contribution in [0.5, 0.6) is 0 Å². The van der Waals surface area contributed by atoms with Crippen molar-refractivity contribution >= 4 is 21.8 Å². The Hall–Kier alpha value is -1.59. The van der Waals surface area contributed by atoms with Crippen LogP contribution in [-0.4, -0.2) is 22.1 Å². The Kier molecular flexibility index (Phi) is 6.21. The molecule has 0 bridgehead atoms. The van der Waals surface area contributed by atoms with E-state index in [1.54, 1.807) is 0 Å². The third-order valence-corrected chi connectivity index (χ3v) is 4.42. The number of hydrogen-bond donors (Lipinski definition) is 2. The monoisotopic (exact) mass is 364 g/mol. The van der Waals surface area contributed by atoms with Gasteiger partial charge in [0.15, 0.2) is 0 Å². The number of aromatic nitrogens is 1. The molecule has 4 nitrogen and oxygen atoms in total. The summed E-state index contributed by atoms with van der Waals surface area (Å²) in [5.41, 5.74) is 1.99. The number of nitrogens with zero attached hydrogens (tertiary/aromatic N) is 1. The number of carbonyl (C=O) groups is 1. The second kappa shape index (κ2) is 8.15. The number of carbonyl (C=O) groups excluding carboxylic acids is 1. The van der Waals surface area contributed by atoms with Crippen LogP contribution in [0.25, 0.3) is 0 Å². The molecule has 0 fully saturated rings. The number of rotatable bonds is 7. The van der Waals surface area contributed by atoms with Gasteiger partial charge in [0.25, 0.3) is 0 Å². The minimum atomic E-state index is -0.552. The maximum Gasteiger partial charge on any atom is 0.220 e. The maximum atomic E-state index is 11.8. The normalized spacial score (nSPS) is 12.1. The SMILES string of the molecule is Cn1cccc1C(O)CCNC(=O)CCc1ccccc1Br. The van der Waals surface area contributed by atoms with Gasteiger partial charge in [-0.3, -0.25) is 4.79 Å². The van der Waals surface area contributed by atoms with Crippen LogP contribution in [0.15, 0.2) is 47.1 Å². The molecule has 0 saturated heterocycles. The molecule has 2 rings (SSSR count). The number of halogens is 1. The van der Waals surface area contributed by atoms with Gasteiger partial charge in [0.1, 0.15) is 0 Å². The predicted molar refractivity (Wildman–Crippen MR) is 90.5 cm³/mol. The van der Waals surface area contributed by atoms with Crippen molar-refractivity contribution in [3.8, 4) is 0 Å². The van der Waals surface area contributed by atoms with Crippen LogP contribution in [-0.2, 0) is 18.3 Å². The van der Waals surface area contributed by atoms with Crippen molar-refractivity contribution in [2.75, 3.05) is 6.54 Å². The van der Waals surface area contributed by atoms with Gasteiger partial charge in [0, 0.05) is 36.4 Å². The topological polar surface area (TPSA) is 54.3 Å². The van der Waals surface area contributed by atoms with E-state index in [1.807, 2.05) is 54.2 Å². The summed E-state index contributed by atoms with van der Waals surface area (Å²) in [6, 6.07) is 11.7. The highest BCUT2D eigenvalue weighted by Gasteiger charge is 2.11. The minimum absolute atomic E-state index is 0.00911. The number of amides is 1. The molecule has 1 unspecified atom stereocenters. The van der Waals surface area contributed by atoms with Crippen LogP contribution in [0.3, 0.4) is 0 Å². The molecular formula is C17H21BrN2O2. The molecule has 118 valence electrons. The summed E-state index contributed by atoms with van der Waals surface area (Å²) < 4.78 is 2.92. The molecule has 0 aliphatic carbocycles. The van der Waals surface area contributed by atoms with E-state index in [2.05, 4.69) is 21.2 Å². The Labute approximate surface area is 139 Å². The van der Waals surface area contributed by atoms with Crippen molar-refractivity contribution in [2.45, 2.75) is 25.4 Å². The number of aryl methyl sites for hydroxylation is 2. The van der Waals surface area contributed by atoms with E-state index in [9.17, 15) is 9.90 Å². The number of aliphatic hydroxyl groups is 1. The van der Waals surface area contributed by atoms with Crippen molar-refractivity contribution in [3.05, 3.63) is 58.3 Å². The molecule has 0 aliphatic rings. The Morgan fingerprint density at radius 2 is 2.09 bits per heavy atom. The second-order valence-corrected chi connectivity index (χ2v) is 6.14. The molecule has 0 spiro atoms. The Morgan fingerprint density at radius 3 is 2.77 bits per heavy atom. The molecule has 0 aliphatic heterocycles. The molecule has 0 radical (unpaired) electrons. The van der Waals surface area contributed by atoms with Gasteiger partial charge < -0.3 is 15.0 Å². The van der Waals surface area contributed by atoms with E-state index < -0.39 is 6.10 Å². The van der Waals surface area contributed by atoms with Crippen molar-refractivity contribution < 1.29 is 9.90 Å². The van der Waals surface area contributed by atoms with Crippen molar-refractivity contribution in [2.24, 2.45) is 7.05 Å². The molecule has 22 heavy (non-hydrogen) atoms. The maximum absolute atomic E-state index is 11.8. The lowest BCUT2D eigenvalue weighted by Gasteiger charge is -2.12. The van der Waals surface area contributed by atoms with Crippen molar-refractivity contribution in [1.29, 1.82) is 0 Å². The zero-order valence-corrected chi connectivity index (χ0v) is 14.2. The Bertz CT molecular complexity index is 625. The van der Waals surface area contributed by atoms with Gasteiger partial charge in [-0.2, -0.15) is 0 Å². The number of aliphatic hydroxyl groups excluding tert-OH is 1. The molecule has 1 aromatic heterocycles. The van der Waals surface area contributed by atoms with E-state index in [0.29, 0.717) is 25.8 Å². The number of nitrogens with one attached hydrogen (secondary N) is 1. The third-order valence-electron chi connectivity index (χ3n) is 3.64. The molecule has 1 atom stereocenters. The van der Waals surface area contributed by atoms with E-state index in [4.69, 9.17) is 0 Å². The van der Waals surface area contributed by atoms with E-state index in [1.165, 1.54) is 0 Å². The van der Waals surface area contributed by atoms with Crippen LogP contribution < -0.4 is 5.32 Å². The highest BCUT2D eigenvalue weighted by atomic mass is 79.9. The summed E-state index contributed by atoms with van der Waals surface area (Å²) >= 11 is 3.48. The summed E-state index contributed by atoms with van der Waals surface area (Å²) in [5, 5.41) is 12.9. The van der Waals surface area contributed by atoms with Crippen LogP contribution in [0.1, 0.15) is 30.2 Å². The number of hydrogen-bond acceptors (Lipinski definition) is 2. The summed E-state index contributed by atoms with van der Waals surface area (Å²) in [6.07, 6.45) is 3.01. The summed E-state index contributed by atoms with van der Waals surface area (Å²) in [7, 11) is 1.90. The summed E-state index contributed by atoms with van der Waals surface area (Å²) in [6.45, 7) is 0.473. The lowest BCUT2D eigenvalue weighted by molar-refractivity contribution is -0.121. The van der Waals surface area contributed by atoms with Gasteiger partial charge in [0.05, 0.1) is 6.10 Å². The first kappa shape index (κ1) is 16.8. The molecule has 1 heterocycles. The highest BCUT2D eigenvalue weighted by Crippen LogP contribution is 2.17. The molecule has 0 saturated carbocycles. The van der Waals surface area contributed by atoms with E-state index in [0.717, 1.165) is 15.7 Å². The fraction of sp³-hybridized carbons (Fsp3) is 0.353. The zero-order valence-electron chi connectivity index (χ0n) is 12.6. The van der Waals surface area contributed by atoms with Gasteiger partial charge in [-0.05, 0) is 36.6 Å². The average molecular weight is 365 g/mol. The molecule has 2 aromatic rings. The first-order valence-electron chi connectivity index (χ1n) is 7.37. The molecule has 1 aromatic carbocycles. The lowest BCUT2D eigenvalue weighted by atomic mass is 10.1. The first-order valence-corrected chi connectivity index (χ1v) is 8.16. The quantitative estimate of drug-likeness (QED) is 0.793. The minimum Gasteiger partial charge on any atom is -0.387 e. The average Bonchev–Trinajstić information content (AvgIpc) is 2.92. The lowest BCUT2D eigenvalue weighted by Crippen LogP contribution is -2.26. The summed E-state index contributed by atoms with van der Waals surface area (Å²) in [5.74, 6) is 0.00911. The van der Waals surface area contributed by atoms with Crippen LogP contribution in [0.4, 0.5) is 0 Å². The molecule has 5 heteroatoms. The molecule has 1 amide bonds. The predicted octanol–water partition coefficient (Wildman–Crippen LogP) is 2.96. The fourth-order valence-electron chi connectivity index (χ4n) is 2.35. The van der Waals surface area contributed by atoms with Gasteiger partial charge in [0.2, 0.25) is 5.91 Å². The standard InChI is InChI=1S/C17H21BrN2O2/c1-20-12-4-7-15(20)16(21)10-11-19-17(22)9-8-13-5-2-3-6-14(13)18/h2-7,12,16,21H,8-11H2,1H3,(H,19,22). The smallest absolute Gasteiger partial charge is 0.220 e. The molecule has 2 N–H and O–H groups in total. The highest BCUT2D eigenvalue weighted by molar-refractivity contribution is 9.10. The van der Waals surface area contributed by atoms with Crippen LogP contribution in [0.2, 0.25) is 0 Å². The van der Waals surface area contributed by atoms with Gasteiger partial charge in [-0.25, -0.2) is 0 Å². The second-order valence-electron chi connectivity index (χ2n) is 5.29. The van der Waals surface area contributed by atoms with E-state index >= 15 is 0 Å². The third kappa shape index (κ3) is 4.71. The molecular weight excluding hydrogens is 344 g/mol. The Balaban J connectivity index is 1.70. The zero-order chi connectivity index (χ0) is 15.9. The van der Waals surface area contributed by atoms with Crippen molar-refractivity contribution in [3.63, 3.8) is 0 Å². The van der Waals surface area contributed by atoms with Crippen LogP contribution in [0, 0.1) is 0 Å². The number of benzene rings is 1. The van der Waals surface area contributed by atoms with E-state index in [-0.39, 0.29) is 5.91 Å². The first-order chi connectivity index (χ1) is 10.6.